The van der Waals surface area contributed by atoms with Gasteiger partial charge in [0.25, 0.3) is 5.56 Å². The van der Waals surface area contributed by atoms with Crippen LogP contribution < -0.4 is 11.3 Å². The first-order chi connectivity index (χ1) is 9.04. The molecule has 102 valence electrons. The van der Waals surface area contributed by atoms with E-state index < -0.39 is 0 Å². The van der Waals surface area contributed by atoms with Gasteiger partial charge < -0.3 is 5.73 Å². The molecule has 0 fully saturated rings. The first kappa shape index (κ1) is 13.9. The minimum atomic E-state index is -0.103. The molecule has 1 aromatic carbocycles. The number of nitrogens with zero attached hydrogens (tertiary/aromatic N) is 2. The Hall–Kier alpha value is -1.49. The number of anilines is 1. The fourth-order valence-electron chi connectivity index (χ4n) is 2.14. The van der Waals surface area contributed by atoms with Gasteiger partial charge in [0.15, 0.2) is 0 Å². The molecule has 5 heteroatoms. The van der Waals surface area contributed by atoms with Gasteiger partial charge in [-0.1, -0.05) is 35.0 Å². The standard InChI is InChI=1S/C14H18BrN3O/c1-3-8-17-10(2)13(16)14(19)18(17)9-11-4-6-12(15)7-5-11/h4-7H,3,8-9,16H2,1-2H3. The van der Waals surface area contributed by atoms with Crippen molar-refractivity contribution in [1.29, 1.82) is 0 Å². The molecule has 0 amide bonds. The maximum absolute atomic E-state index is 12.2. The Labute approximate surface area is 120 Å². The molecule has 1 heterocycles. The number of hydrogen-bond donors (Lipinski definition) is 1. The van der Waals surface area contributed by atoms with Gasteiger partial charge in [0.2, 0.25) is 0 Å². The van der Waals surface area contributed by atoms with Gasteiger partial charge in [-0.25, -0.2) is 4.68 Å². The molecule has 0 aliphatic carbocycles. The monoisotopic (exact) mass is 323 g/mol. The lowest BCUT2D eigenvalue weighted by Gasteiger charge is -2.12. The molecule has 19 heavy (non-hydrogen) atoms. The van der Waals surface area contributed by atoms with Crippen LogP contribution in [-0.2, 0) is 13.1 Å². The highest BCUT2D eigenvalue weighted by molar-refractivity contribution is 9.10. The number of benzene rings is 1. The van der Waals surface area contributed by atoms with Crippen molar-refractivity contribution in [2.75, 3.05) is 5.73 Å². The molecule has 4 nitrogen and oxygen atoms in total. The molecule has 0 saturated heterocycles. The molecular formula is C14H18BrN3O. The van der Waals surface area contributed by atoms with Crippen molar-refractivity contribution in [3.63, 3.8) is 0 Å². The van der Waals surface area contributed by atoms with Crippen molar-refractivity contribution in [1.82, 2.24) is 9.36 Å². The fraction of sp³-hybridized carbons (Fsp3) is 0.357. The van der Waals surface area contributed by atoms with Crippen molar-refractivity contribution < 1.29 is 0 Å². The largest absolute Gasteiger partial charge is 0.393 e. The van der Waals surface area contributed by atoms with Crippen LogP contribution in [0, 0.1) is 6.92 Å². The van der Waals surface area contributed by atoms with E-state index >= 15 is 0 Å². The molecular weight excluding hydrogens is 306 g/mol. The summed E-state index contributed by atoms with van der Waals surface area (Å²) in [5.74, 6) is 0. The third-order valence-electron chi connectivity index (χ3n) is 3.21. The Balaban J connectivity index is 2.41. The van der Waals surface area contributed by atoms with E-state index in [4.69, 9.17) is 5.73 Å². The summed E-state index contributed by atoms with van der Waals surface area (Å²) < 4.78 is 4.72. The van der Waals surface area contributed by atoms with Crippen molar-refractivity contribution in [2.45, 2.75) is 33.4 Å². The molecule has 0 radical (unpaired) electrons. The van der Waals surface area contributed by atoms with E-state index in [-0.39, 0.29) is 5.56 Å². The summed E-state index contributed by atoms with van der Waals surface area (Å²) in [7, 11) is 0. The van der Waals surface area contributed by atoms with Gasteiger partial charge >= 0.3 is 0 Å². The third kappa shape index (κ3) is 2.76. The smallest absolute Gasteiger partial charge is 0.290 e. The maximum atomic E-state index is 12.2. The minimum Gasteiger partial charge on any atom is -0.393 e. The number of hydrogen-bond acceptors (Lipinski definition) is 2. The Kier molecular flexibility index (Phi) is 4.14. The lowest BCUT2D eigenvalue weighted by atomic mass is 10.2. The molecule has 0 atom stereocenters. The summed E-state index contributed by atoms with van der Waals surface area (Å²) in [5, 5.41) is 0. The second-order valence-electron chi connectivity index (χ2n) is 4.61. The fourth-order valence-corrected chi connectivity index (χ4v) is 2.41. The lowest BCUT2D eigenvalue weighted by molar-refractivity contribution is 0.457. The van der Waals surface area contributed by atoms with Crippen LogP contribution in [-0.4, -0.2) is 9.36 Å². The summed E-state index contributed by atoms with van der Waals surface area (Å²) in [6.07, 6.45) is 0.967. The van der Waals surface area contributed by atoms with Crippen molar-refractivity contribution in [3.8, 4) is 0 Å². The van der Waals surface area contributed by atoms with Gasteiger partial charge in [0.1, 0.15) is 5.69 Å². The van der Waals surface area contributed by atoms with Crippen LogP contribution in [0.25, 0.3) is 0 Å². The summed E-state index contributed by atoms with van der Waals surface area (Å²) >= 11 is 3.41. The Morgan fingerprint density at radius 1 is 1.21 bits per heavy atom. The Morgan fingerprint density at radius 3 is 2.42 bits per heavy atom. The second kappa shape index (κ2) is 5.65. The predicted octanol–water partition coefficient (Wildman–Crippen LogP) is 2.76. The molecule has 0 saturated carbocycles. The van der Waals surface area contributed by atoms with Gasteiger partial charge in [0, 0.05) is 11.0 Å². The van der Waals surface area contributed by atoms with Crippen LogP contribution in [0.15, 0.2) is 33.5 Å². The molecule has 2 rings (SSSR count). The van der Waals surface area contributed by atoms with Gasteiger partial charge in [-0.3, -0.25) is 9.48 Å². The number of aromatic nitrogens is 2. The van der Waals surface area contributed by atoms with Crippen LogP contribution >= 0.6 is 15.9 Å². The summed E-state index contributed by atoms with van der Waals surface area (Å²) in [6.45, 7) is 5.33. The third-order valence-corrected chi connectivity index (χ3v) is 3.74. The van der Waals surface area contributed by atoms with Crippen molar-refractivity contribution >= 4 is 21.6 Å². The SMILES string of the molecule is CCCn1c(C)c(N)c(=O)n1Cc1ccc(Br)cc1. The average molecular weight is 324 g/mol. The van der Waals surface area contributed by atoms with Gasteiger partial charge in [-0.2, -0.15) is 0 Å². The second-order valence-corrected chi connectivity index (χ2v) is 5.53. The zero-order valence-corrected chi connectivity index (χ0v) is 12.8. The van der Waals surface area contributed by atoms with Crippen LogP contribution in [0.1, 0.15) is 24.6 Å². The molecule has 2 aromatic rings. The summed E-state index contributed by atoms with van der Waals surface area (Å²) in [6, 6.07) is 7.96. The first-order valence-electron chi connectivity index (χ1n) is 6.34. The van der Waals surface area contributed by atoms with Gasteiger partial charge in [0.05, 0.1) is 12.2 Å². The van der Waals surface area contributed by atoms with E-state index in [1.54, 1.807) is 4.68 Å². The van der Waals surface area contributed by atoms with Gasteiger partial charge in [-0.05, 0) is 31.0 Å². The highest BCUT2D eigenvalue weighted by Gasteiger charge is 2.13. The Morgan fingerprint density at radius 2 is 1.84 bits per heavy atom. The van der Waals surface area contributed by atoms with Crippen LogP contribution in [0.2, 0.25) is 0 Å². The highest BCUT2D eigenvalue weighted by atomic mass is 79.9. The van der Waals surface area contributed by atoms with Crippen molar-refractivity contribution in [3.05, 3.63) is 50.3 Å². The molecule has 2 N–H and O–H groups in total. The molecule has 0 spiro atoms. The summed E-state index contributed by atoms with van der Waals surface area (Å²) in [4.78, 5) is 12.2. The molecule has 1 aromatic heterocycles. The van der Waals surface area contributed by atoms with E-state index in [1.807, 2.05) is 35.9 Å². The quantitative estimate of drug-likeness (QED) is 0.940. The number of halogens is 1. The summed E-state index contributed by atoms with van der Waals surface area (Å²) in [5.41, 5.74) is 8.03. The first-order valence-corrected chi connectivity index (χ1v) is 7.14. The number of nitrogens with two attached hydrogens (primary N) is 1. The molecule has 0 unspecified atom stereocenters. The normalized spacial score (nSPS) is 10.9. The predicted molar refractivity (Wildman–Crippen MR) is 81.4 cm³/mol. The van der Waals surface area contributed by atoms with Crippen LogP contribution in [0.3, 0.4) is 0 Å². The lowest BCUT2D eigenvalue weighted by Crippen LogP contribution is -2.24. The average Bonchev–Trinajstić information content (AvgIpc) is 2.59. The Bertz CT molecular complexity index is 625. The van der Waals surface area contributed by atoms with E-state index in [0.717, 1.165) is 28.7 Å². The minimum absolute atomic E-state index is 0.103. The topological polar surface area (TPSA) is 52.9 Å². The molecule has 0 bridgehead atoms. The molecule has 0 aliphatic rings. The van der Waals surface area contributed by atoms with Crippen LogP contribution in [0.4, 0.5) is 5.69 Å². The van der Waals surface area contributed by atoms with E-state index in [9.17, 15) is 4.79 Å². The van der Waals surface area contributed by atoms with E-state index in [2.05, 4.69) is 22.9 Å². The van der Waals surface area contributed by atoms with Gasteiger partial charge in [-0.15, -0.1) is 0 Å². The highest BCUT2D eigenvalue weighted by Crippen LogP contribution is 2.13. The van der Waals surface area contributed by atoms with Crippen LogP contribution in [0.5, 0.6) is 0 Å². The maximum Gasteiger partial charge on any atom is 0.290 e. The van der Waals surface area contributed by atoms with Crippen molar-refractivity contribution in [2.24, 2.45) is 0 Å². The molecule has 0 aliphatic heterocycles. The number of nitrogen functional groups attached to an aromatic ring is 1. The zero-order valence-electron chi connectivity index (χ0n) is 11.2. The zero-order chi connectivity index (χ0) is 14.0. The van der Waals surface area contributed by atoms with E-state index in [1.165, 1.54) is 0 Å². The van der Waals surface area contributed by atoms with E-state index in [0.29, 0.717) is 12.2 Å². The number of rotatable bonds is 4.